The average Bonchev–Trinajstić information content (AvgIpc) is 3.15. The van der Waals surface area contributed by atoms with Gasteiger partial charge in [0.25, 0.3) is 0 Å². The molecule has 2 aromatic rings. The highest BCUT2D eigenvalue weighted by atomic mass is 31.2. The van der Waals surface area contributed by atoms with Gasteiger partial charge in [-0.2, -0.15) is 0 Å². The Morgan fingerprint density at radius 1 is 0.963 bits per heavy atom. The van der Waals surface area contributed by atoms with Crippen LogP contribution >= 0.6 is 7.60 Å². The van der Waals surface area contributed by atoms with E-state index in [1.165, 1.54) is 0 Å². The van der Waals surface area contributed by atoms with Crippen LogP contribution in [0.25, 0.3) is 0 Å². The van der Waals surface area contributed by atoms with E-state index in [1.807, 2.05) is 60.7 Å². The number of carboxylic acid groups (broad SMARTS) is 1. The summed E-state index contributed by atoms with van der Waals surface area (Å²) in [6.45, 7) is 0.228. The van der Waals surface area contributed by atoms with Gasteiger partial charge in [-0.25, -0.2) is 14.6 Å². The van der Waals surface area contributed by atoms with Crippen LogP contribution in [0.1, 0.15) is 17.5 Å². The van der Waals surface area contributed by atoms with Gasteiger partial charge in [0, 0.05) is 6.42 Å². The van der Waals surface area contributed by atoms with E-state index in [0.717, 1.165) is 11.1 Å². The van der Waals surface area contributed by atoms with Crippen molar-refractivity contribution in [1.82, 2.24) is 0 Å². The third-order valence-corrected chi connectivity index (χ3v) is 5.93. The van der Waals surface area contributed by atoms with Crippen LogP contribution in [0.2, 0.25) is 0 Å². The first-order chi connectivity index (χ1) is 13.0. The number of rotatable bonds is 9. The van der Waals surface area contributed by atoms with Gasteiger partial charge in [-0.05, 0) is 11.1 Å². The van der Waals surface area contributed by atoms with Crippen LogP contribution in [-0.2, 0) is 41.4 Å². The lowest BCUT2D eigenvalue weighted by molar-refractivity contribution is -0.290. The van der Waals surface area contributed by atoms with Gasteiger partial charge in [-0.3, -0.25) is 4.57 Å². The minimum atomic E-state index is -3.55. The molecule has 0 radical (unpaired) electrons. The first-order valence-corrected chi connectivity index (χ1v) is 10.3. The normalized spacial score (nSPS) is 19.9. The largest absolute Gasteiger partial charge is 0.479 e. The van der Waals surface area contributed by atoms with Gasteiger partial charge in [-0.1, -0.05) is 60.7 Å². The molecule has 0 unspecified atom stereocenters. The van der Waals surface area contributed by atoms with Gasteiger partial charge in [0.15, 0.2) is 6.10 Å². The summed E-state index contributed by atoms with van der Waals surface area (Å²) in [5, 5.41) is 9.00. The Kier molecular flexibility index (Phi) is 6.77. The molecule has 1 N–H and O–H groups in total. The van der Waals surface area contributed by atoms with Crippen molar-refractivity contribution < 1.29 is 33.3 Å². The molecule has 7 nitrogen and oxygen atoms in total. The lowest BCUT2D eigenvalue weighted by atomic mass is 10.2. The van der Waals surface area contributed by atoms with E-state index in [1.54, 1.807) is 0 Å². The van der Waals surface area contributed by atoms with E-state index in [0.29, 0.717) is 0 Å². The minimum Gasteiger partial charge on any atom is -0.479 e. The van der Waals surface area contributed by atoms with Crippen molar-refractivity contribution in [2.75, 3.05) is 6.16 Å². The molecule has 1 saturated heterocycles. The molecule has 2 aromatic carbocycles. The Bertz CT molecular complexity index is 734. The van der Waals surface area contributed by atoms with Crippen molar-refractivity contribution in [3.05, 3.63) is 71.8 Å². The van der Waals surface area contributed by atoms with E-state index in [9.17, 15) is 9.36 Å². The lowest BCUT2D eigenvalue weighted by Gasteiger charge is -2.20. The van der Waals surface area contributed by atoms with Crippen LogP contribution in [0.3, 0.4) is 0 Å². The summed E-state index contributed by atoms with van der Waals surface area (Å²) in [6.07, 6.45) is -1.76. The maximum absolute atomic E-state index is 13.3. The van der Waals surface area contributed by atoms with Crippen molar-refractivity contribution in [2.24, 2.45) is 0 Å². The molecular weight excluding hydrogens is 371 g/mol. The molecule has 0 aromatic heterocycles. The van der Waals surface area contributed by atoms with Crippen LogP contribution in [-0.4, -0.2) is 29.4 Å². The van der Waals surface area contributed by atoms with Crippen molar-refractivity contribution in [2.45, 2.75) is 31.8 Å². The van der Waals surface area contributed by atoms with Gasteiger partial charge < -0.3 is 14.2 Å². The highest BCUT2D eigenvalue weighted by Crippen LogP contribution is 2.51. The standard InChI is InChI=1S/C19H21O7P/c20-19(21)18-11-17(25-26-18)14-27(22,23-12-15-7-3-1-4-8-15)24-13-16-9-5-2-6-10-16/h1-10,17-18H,11-14H2,(H,20,21)/t17-,18-/m0/s1. The molecule has 0 spiro atoms. The molecular formula is C19H21O7P. The first kappa shape index (κ1) is 19.7. The second-order valence-electron chi connectivity index (χ2n) is 6.19. The molecule has 0 amide bonds. The van der Waals surface area contributed by atoms with Crippen LogP contribution in [0.15, 0.2) is 60.7 Å². The zero-order chi connectivity index (χ0) is 19.1. The first-order valence-electron chi connectivity index (χ1n) is 8.55. The quantitative estimate of drug-likeness (QED) is 0.513. The molecule has 1 fully saturated rings. The van der Waals surface area contributed by atoms with Gasteiger partial charge in [0.1, 0.15) is 6.10 Å². The Labute approximate surface area is 157 Å². The third kappa shape index (κ3) is 5.99. The van der Waals surface area contributed by atoms with Crippen LogP contribution in [0, 0.1) is 0 Å². The molecule has 0 aliphatic carbocycles. The molecule has 27 heavy (non-hydrogen) atoms. The minimum absolute atomic E-state index is 0.0860. The maximum atomic E-state index is 13.3. The average molecular weight is 392 g/mol. The number of aliphatic carboxylic acids is 1. The molecule has 144 valence electrons. The summed E-state index contributed by atoms with van der Waals surface area (Å²) in [7, 11) is -3.55. The molecule has 1 aliphatic rings. The Morgan fingerprint density at radius 3 is 1.93 bits per heavy atom. The van der Waals surface area contributed by atoms with Crippen molar-refractivity contribution in [3.63, 3.8) is 0 Å². The highest BCUT2D eigenvalue weighted by molar-refractivity contribution is 7.53. The molecule has 0 bridgehead atoms. The summed E-state index contributed by atoms with van der Waals surface area (Å²) >= 11 is 0. The van der Waals surface area contributed by atoms with Crippen molar-refractivity contribution in [3.8, 4) is 0 Å². The van der Waals surface area contributed by atoms with Gasteiger partial charge in [-0.15, -0.1) is 0 Å². The van der Waals surface area contributed by atoms with Gasteiger partial charge >= 0.3 is 13.6 Å². The fraction of sp³-hybridized carbons (Fsp3) is 0.316. The van der Waals surface area contributed by atoms with E-state index in [-0.39, 0.29) is 25.8 Å². The second-order valence-corrected chi connectivity index (χ2v) is 8.29. The summed E-state index contributed by atoms with van der Waals surface area (Å²) in [5.74, 6) is -1.12. The number of benzene rings is 2. The van der Waals surface area contributed by atoms with E-state index >= 15 is 0 Å². The molecule has 2 atom stereocenters. The molecule has 8 heteroatoms. The Hall–Kier alpha value is -2.02. The smallest absolute Gasteiger partial charge is 0.336 e. The fourth-order valence-corrected chi connectivity index (χ4v) is 4.28. The second kappa shape index (κ2) is 9.26. The summed E-state index contributed by atoms with van der Waals surface area (Å²) in [4.78, 5) is 20.8. The summed E-state index contributed by atoms with van der Waals surface area (Å²) < 4.78 is 24.6. The Balaban J connectivity index is 1.65. The molecule has 1 heterocycles. The predicted octanol–water partition coefficient (Wildman–Crippen LogP) is 3.79. The maximum Gasteiger partial charge on any atom is 0.336 e. The van der Waals surface area contributed by atoms with Crippen LogP contribution < -0.4 is 0 Å². The zero-order valence-corrected chi connectivity index (χ0v) is 15.5. The van der Waals surface area contributed by atoms with Gasteiger partial charge in [0.2, 0.25) is 0 Å². The number of hydrogen-bond acceptors (Lipinski definition) is 6. The van der Waals surface area contributed by atoms with Gasteiger partial charge in [0.05, 0.1) is 19.4 Å². The van der Waals surface area contributed by atoms with E-state index in [4.69, 9.17) is 23.9 Å². The SMILES string of the molecule is O=C(O)[C@@H]1C[C@@H](CP(=O)(OCc2ccccc2)OCc2ccccc2)OO1. The fourth-order valence-electron chi connectivity index (χ4n) is 2.60. The summed E-state index contributed by atoms with van der Waals surface area (Å²) in [6, 6.07) is 18.6. The van der Waals surface area contributed by atoms with Crippen molar-refractivity contribution >= 4 is 13.6 Å². The van der Waals surface area contributed by atoms with E-state index < -0.39 is 25.8 Å². The van der Waals surface area contributed by atoms with Crippen LogP contribution in [0.4, 0.5) is 0 Å². The summed E-state index contributed by atoms with van der Waals surface area (Å²) in [5.41, 5.74) is 1.71. The van der Waals surface area contributed by atoms with Crippen molar-refractivity contribution in [1.29, 1.82) is 0 Å². The van der Waals surface area contributed by atoms with Crippen LogP contribution in [0.5, 0.6) is 0 Å². The third-order valence-electron chi connectivity index (χ3n) is 4.03. The highest BCUT2D eigenvalue weighted by Gasteiger charge is 2.39. The molecule has 0 saturated carbocycles. The Morgan fingerprint density at radius 2 is 1.48 bits per heavy atom. The van der Waals surface area contributed by atoms with E-state index in [2.05, 4.69) is 0 Å². The monoisotopic (exact) mass is 392 g/mol. The topological polar surface area (TPSA) is 91.3 Å². The zero-order valence-electron chi connectivity index (χ0n) is 14.6. The lowest BCUT2D eigenvalue weighted by Crippen LogP contribution is -2.20. The number of carboxylic acids is 1. The predicted molar refractivity (Wildman–Crippen MR) is 96.9 cm³/mol. The molecule has 3 rings (SSSR count). The molecule has 1 aliphatic heterocycles. The number of carbonyl (C=O) groups is 1. The number of hydrogen-bond donors (Lipinski definition) is 1.